The van der Waals surface area contributed by atoms with Gasteiger partial charge in [-0.2, -0.15) is 0 Å². The predicted octanol–water partition coefficient (Wildman–Crippen LogP) is 1.79. The van der Waals surface area contributed by atoms with E-state index in [1.54, 1.807) is 0 Å². The quantitative estimate of drug-likeness (QED) is 0.890. The number of benzene rings is 1. The summed E-state index contributed by atoms with van der Waals surface area (Å²) in [6.07, 6.45) is 4.20. The number of hydrogen-bond acceptors (Lipinski definition) is 5. The van der Waals surface area contributed by atoms with Gasteiger partial charge in [-0.25, -0.2) is 4.68 Å². The van der Waals surface area contributed by atoms with Crippen LogP contribution in [0.1, 0.15) is 31.7 Å². The first-order valence-electron chi connectivity index (χ1n) is 7.74. The Bertz CT molecular complexity index is 693. The van der Waals surface area contributed by atoms with E-state index in [0.717, 1.165) is 49.3 Å². The lowest BCUT2D eigenvalue weighted by atomic mass is 10.1. The van der Waals surface area contributed by atoms with Crippen LogP contribution in [0, 0.1) is 0 Å². The summed E-state index contributed by atoms with van der Waals surface area (Å²) in [6.45, 7) is 0.911. The monoisotopic (exact) mass is 334 g/mol. The topological polar surface area (TPSA) is 84.7 Å². The molecule has 4 rings (SSSR count). The largest absolute Gasteiger partial charge is 0.325 e. The second-order valence-corrected chi connectivity index (χ2v) is 5.90. The van der Waals surface area contributed by atoms with E-state index in [0.29, 0.717) is 6.04 Å². The van der Waals surface area contributed by atoms with Crippen molar-refractivity contribution in [1.29, 1.82) is 0 Å². The third kappa shape index (κ3) is 3.35. The van der Waals surface area contributed by atoms with Crippen molar-refractivity contribution in [2.75, 3.05) is 11.9 Å². The van der Waals surface area contributed by atoms with E-state index in [1.165, 1.54) is 0 Å². The predicted molar refractivity (Wildman–Crippen MR) is 88.4 cm³/mol. The highest BCUT2D eigenvalue weighted by Crippen LogP contribution is 2.36. The van der Waals surface area contributed by atoms with Gasteiger partial charge in [-0.15, -0.1) is 17.5 Å². The lowest BCUT2D eigenvalue weighted by molar-refractivity contribution is -0.117. The summed E-state index contributed by atoms with van der Waals surface area (Å²) in [6, 6.07) is 8.04. The van der Waals surface area contributed by atoms with Crippen molar-refractivity contribution in [3.8, 4) is 11.4 Å². The molecule has 2 aromatic rings. The molecule has 0 spiro atoms. The minimum absolute atomic E-state index is 0. The average Bonchev–Trinajstić information content (AvgIpc) is 3.05. The normalized spacial score (nSPS) is 20.1. The third-order valence-corrected chi connectivity index (χ3v) is 4.15. The summed E-state index contributed by atoms with van der Waals surface area (Å²) < 4.78 is 1.87. The van der Waals surface area contributed by atoms with Crippen LogP contribution in [-0.2, 0) is 4.79 Å². The Morgan fingerprint density at radius 2 is 2.17 bits per heavy atom. The minimum Gasteiger partial charge on any atom is -0.325 e. The zero-order chi connectivity index (χ0) is 14.9. The summed E-state index contributed by atoms with van der Waals surface area (Å²) in [7, 11) is 0. The molecule has 2 fully saturated rings. The van der Waals surface area contributed by atoms with Crippen LogP contribution in [0.25, 0.3) is 11.4 Å². The van der Waals surface area contributed by atoms with Crippen molar-refractivity contribution >= 4 is 24.0 Å². The van der Waals surface area contributed by atoms with Gasteiger partial charge in [0.15, 0.2) is 5.82 Å². The average molecular weight is 335 g/mol. The molecule has 2 N–H and O–H groups in total. The SMILES string of the molecule is Cl.O=C(Nc1cccc(-c2nnnn2C2CC2)c1)C1CCCN1. The highest BCUT2D eigenvalue weighted by Gasteiger charge is 2.28. The zero-order valence-corrected chi connectivity index (χ0v) is 13.4. The third-order valence-electron chi connectivity index (χ3n) is 4.15. The summed E-state index contributed by atoms with van der Waals surface area (Å²) >= 11 is 0. The number of rotatable bonds is 4. The fourth-order valence-corrected chi connectivity index (χ4v) is 2.82. The molecule has 1 aliphatic carbocycles. The maximum Gasteiger partial charge on any atom is 0.241 e. The molecule has 2 aliphatic rings. The summed E-state index contributed by atoms with van der Waals surface area (Å²) in [4.78, 5) is 12.2. The molecule has 8 heteroatoms. The van der Waals surface area contributed by atoms with Crippen molar-refractivity contribution in [2.45, 2.75) is 37.8 Å². The van der Waals surface area contributed by atoms with Crippen LogP contribution >= 0.6 is 12.4 Å². The molecule has 1 amide bonds. The first-order valence-corrected chi connectivity index (χ1v) is 7.74. The van der Waals surface area contributed by atoms with Gasteiger partial charge in [0.25, 0.3) is 0 Å². The Labute approximate surface area is 140 Å². The Kier molecular flexibility index (Phi) is 4.58. The number of amides is 1. The maximum atomic E-state index is 12.2. The second-order valence-electron chi connectivity index (χ2n) is 5.90. The van der Waals surface area contributed by atoms with Crippen molar-refractivity contribution in [3.05, 3.63) is 24.3 Å². The fourth-order valence-electron chi connectivity index (χ4n) is 2.82. The van der Waals surface area contributed by atoms with Gasteiger partial charge in [0, 0.05) is 11.3 Å². The second kappa shape index (κ2) is 6.64. The van der Waals surface area contributed by atoms with Gasteiger partial charge in [0.05, 0.1) is 12.1 Å². The van der Waals surface area contributed by atoms with Crippen LogP contribution in [0.15, 0.2) is 24.3 Å². The molecule has 0 radical (unpaired) electrons. The molecule has 1 saturated carbocycles. The molecular weight excluding hydrogens is 316 g/mol. The van der Waals surface area contributed by atoms with Crippen LogP contribution in [-0.4, -0.2) is 38.7 Å². The van der Waals surface area contributed by atoms with Gasteiger partial charge < -0.3 is 10.6 Å². The Morgan fingerprint density at radius 3 is 2.91 bits per heavy atom. The lowest BCUT2D eigenvalue weighted by Crippen LogP contribution is -2.35. The van der Waals surface area contributed by atoms with E-state index in [1.807, 2.05) is 28.9 Å². The number of halogens is 1. The zero-order valence-electron chi connectivity index (χ0n) is 12.6. The van der Waals surface area contributed by atoms with Crippen LogP contribution < -0.4 is 10.6 Å². The minimum atomic E-state index is -0.0829. The number of tetrazole rings is 1. The van der Waals surface area contributed by atoms with E-state index in [4.69, 9.17) is 0 Å². The highest BCUT2D eigenvalue weighted by atomic mass is 35.5. The van der Waals surface area contributed by atoms with Crippen LogP contribution in [0.4, 0.5) is 5.69 Å². The maximum absolute atomic E-state index is 12.2. The van der Waals surface area contributed by atoms with Crippen molar-refractivity contribution < 1.29 is 4.79 Å². The number of hydrogen-bond donors (Lipinski definition) is 2. The Balaban J connectivity index is 0.00000156. The molecule has 1 aromatic heterocycles. The van der Waals surface area contributed by atoms with Gasteiger partial charge in [0.2, 0.25) is 5.91 Å². The van der Waals surface area contributed by atoms with Gasteiger partial charge >= 0.3 is 0 Å². The molecular formula is C15H19ClN6O. The van der Waals surface area contributed by atoms with E-state index < -0.39 is 0 Å². The van der Waals surface area contributed by atoms with E-state index in [2.05, 4.69) is 26.2 Å². The molecule has 0 bridgehead atoms. The van der Waals surface area contributed by atoms with E-state index in [9.17, 15) is 4.79 Å². The fraction of sp³-hybridized carbons (Fsp3) is 0.467. The first kappa shape index (κ1) is 15.9. The molecule has 1 atom stereocenters. The smallest absolute Gasteiger partial charge is 0.241 e. The number of carbonyl (C=O) groups is 1. The van der Waals surface area contributed by atoms with Crippen LogP contribution in [0.2, 0.25) is 0 Å². The van der Waals surface area contributed by atoms with Gasteiger partial charge in [0.1, 0.15) is 0 Å². The summed E-state index contributed by atoms with van der Waals surface area (Å²) in [5.41, 5.74) is 1.70. The van der Waals surface area contributed by atoms with Crippen molar-refractivity contribution in [2.24, 2.45) is 0 Å². The molecule has 1 saturated heterocycles. The molecule has 1 aromatic carbocycles. The molecule has 1 aliphatic heterocycles. The number of carbonyl (C=O) groups excluding carboxylic acids is 1. The van der Waals surface area contributed by atoms with Crippen molar-refractivity contribution in [1.82, 2.24) is 25.5 Å². The van der Waals surface area contributed by atoms with E-state index >= 15 is 0 Å². The number of anilines is 1. The Morgan fingerprint density at radius 1 is 1.30 bits per heavy atom. The summed E-state index contributed by atoms with van der Waals surface area (Å²) in [5.74, 6) is 0.786. The molecule has 2 heterocycles. The Hall–Kier alpha value is -1.99. The highest BCUT2D eigenvalue weighted by molar-refractivity contribution is 5.95. The van der Waals surface area contributed by atoms with Gasteiger partial charge in [-0.3, -0.25) is 4.79 Å². The van der Waals surface area contributed by atoms with Crippen LogP contribution in [0.3, 0.4) is 0 Å². The van der Waals surface area contributed by atoms with E-state index in [-0.39, 0.29) is 24.4 Å². The lowest BCUT2D eigenvalue weighted by Gasteiger charge is -2.12. The molecule has 23 heavy (non-hydrogen) atoms. The number of aromatic nitrogens is 4. The first-order chi connectivity index (χ1) is 10.8. The summed E-state index contributed by atoms with van der Waals surface area (Å²) in [5, 5.41) is 18.1. The number of nitrogens with one attached hydrogen (secondary N) is 2. The van der Waals surface area contributed by atoms with Gasteiger partial charge in [-0.1, -0.05) is 12.1 Å². The molecule has 122 valence electrons. The number of nitrogens with zero attached hydrogens (tertiary/aromatic N) is 4. The standard InChI is InChI=1S/C15H18N6O.ClH/c22-15(13-5-2-8-16-13)17-11-4-1-3-10(9-11)14-18-19-20-21(14)12-6-7-12;/h1,3-4,9,12-13,16H,2,5-8H2,(H,17,22);1H. The molecule has 7 nitrogen and oxygen atoms in total. The van der Waals surface area contributed by atoms with Crippen LogP contribution in [0.5, 0.6) is 0 Å². The molecule has 1 unspecified atom stereocenters. The van der Waals surface area contributed by atoms with Gasteiger partial charge in [-0.05, 0) is 54.8 Å². The van der Waals surface area contributed by atoms with Crippen molar-refractivity contribution in [3.63, 3.8) is 0 Å².